The van der Waals surface area contributed by atoms with E-state index >= 15 is 4.79 Å². The molecule has 2 N–H and O–H groups in total. The molecule has 0 aromatic heterocycles. The van der Waals surface area contributed by atoms with Crippen LogP contribution in [-0.2, 0) is 24.0 Å². The summed E-state index contributed by atoms with van der Waals surface area (Å²) in [6.07, 6.45) is 15.2. The number of hydrogen-bond donors (Lipinski definition) is 2. The minimum Gasteiger partial charge on any atom is -0.481 e. The van der Waals surface area contributed by atoms with Crippen LogP contribution in [0.1, 0.15) is 157 Å². The van der Waals surface area contributed by atoms with E-state index in [1.165, 1.54) is 0 Å². The molecule has 0 aromatic carbocycles. The van der Waals surface area contributed by atoms with Gasteiger partial charge in [-0.15, -0.1) is 0 Å². The minimum absolute atomic E-state index is 0.0156. The second-order valence-corrected chi connectivity index (χ2v) is 19.3. The Morgan fingerprint density at radius 1 is 0.843 bits per heavy atom. The van der Waals surface area contributed by atoms with Gasteiger partial charge in [-0.25, -0.2) is 0 Å². The number of carboxylic acid groups (broad SMARTS) is 1. The number of likely N-dealkylation sites (tertiary alicyclic amines) is 2. The van der Waals surface area contributed by atoms with Crippen molar-refractivity contribution in [3.63, 3.8) is 0 Å². The quantitative estimate of drug-likeness (QED) is 0.200. The lowest BCUT2D eigenvalue weighted by atomic mass is 9.73. The van der Waals surface area contributed by atoms with Gasteiger partial charge in [-0.05, 0) is 92.9 Å². The van der Waals surface area contributed by atoms with Crippen molar-refractivity contribution in [3.05, 3.63) is 0 Å². The summed E-state index contributed by atoms with van der Waals surface area (Å²) in [6.45, 7) is 14.0. The molecule has 2 spiro atoms. The van der Waals surface area contributed by atoms with Crippen LogP contribution in [0, 0.1) is 39.4 Å². The van der Waals surface area contributed by atoms with E-state index in [1.54, 1.807) is 4.90 Å². The van der Waals surface area contributed by atoms with Crippen LogP contribution in [0.5, 0.6) is 0 Å². The fraction of sp³-hybridized carbons (Fsp3) is 0.881. The van der Waals surface area contributed by atoms with E-state index in [0.717, 1.165) is 90.0 Å². The third-order valence-corrected chi connectivity index (χ3v) is 15.3. The summed E-state index contributed by atoms with van der Waals surface area (Å²) in [6, 6.07) is -1.01. The van der Waals surface area contributed by atoms with Gasteiger partial charge in [-0.3, -0.25) is 28.9 Å². The van der Waals surface area contributed by atoms with Crippen LogP contribution in [-0.4, -0.2) is 81.5 Å². The van der Waals surface area contributed by atoms with E-state index < -0.39 is 35.3 Å². The molecule has 6 rings (SSSR count). The van der Waals surface area contributed by atoms with Gasteiger partial charge in [0.25, 0.3) is 0 Å². The Morgan fingerprint density at radius 2 is 1.51 bits per heavy atom. The Morgan fingerprint density at radius 3 is 2.06 bits per heavy atom. The largest absolute Gasteiger partial charge is 0.481 e. The molecule has 51 heavy (non-hydrogen) atoms. The van der Waals surface area contributed by atoms with Crippen molar-refractivity contribution in [1.82, 2.24) is 15.1 Å². The molecule has 2 saturated heterocycles. The molecular formula is C42H67N3O6. The highest BCUT2D eigenvalue weighted by Gasteiger charge is 2.85. The smallest absolute Gasteiger partial charge is 0.306 e. The lowest BCUT2D eigenvalue weighted by molar-refractivity contribution is -0.148. The molecular weight excluding hydrogens is 642 g/mol. The average Bonchev–Trinajstić information content (AvgIpc) is 3.92. The molecule has 9 heteroatoms. The second kappa shape index (κ2) is 14.5. The van der Waals surface area contributed by atoms with Crippen LogP contribution in [0.3, 0.4) is 0 Å². The number of nitrogens with one attached hydrogen (secondary N) is 1. The number of piperidine rings is 1. The van der Waals surface area contributed by atoms with Gasteiger partial charge in [0.2, 0.25) is 11.8 Å². The number of hydrogen-bond acceptors (Lipinski definition) is 6. The van der Waals surface area contributed by atoms with Gasteiger partial charge in [0.15, 0.2) is 11.6 Å². The second-order valence-electron chi connectivity index (χ2n) is 19.3. The highest BCUT2D eigenvalue weighted by atomic mass is 16.4. The Bertz CT molecular complexity index is 1350. The number of nitrogens with zero attached hydrogens (tertiary/aromatic N) is 2. The lowest BCUT2D eigenvalue weighted by Crippen LogP contribution is -2.56. The van der Waals surface area contributed by atoms with Crippen LogP contribution >= 0.6 is 0 Å². The number of fused-ring (bicyclic) bond motifs is 1. The third kappa shape index (κ3) is 6.96. The minimum atomic E-state index is -0.958. The Balaban J connectivity index is 1.25. The summed E-state index contributed by atoms with van der Waals surface area (Å²) < 4.78 is 0. The number of rotatable bonds is 14. The fourth-order valence-electron chi connectivity index (χ4n) is 11.7. The van der Waals surface area contributed by atoms with Crippen molar-refractivity contribution in [2.45, 2.75) is 181 Å². The van der Waals surface area contributed by atoms with Crippen LogP contribution in [0.25, 0.3) is 0 Å². The molecule has 6 aliphatic rings. The summed E-state index contributed by atoms with van der Waals surface area (Å²) in [5.41, 5.74) is -0.642. The van der Waals surface area contributed by atoms with Crippen molar-refractivity contribution in [2.24, 2.45) is 39.4 Å². The summed E-state index contributed by atoms with van der Waals surface area (Å²) in [4.78, 5) is 74.2. The molecule has 0 radical (unpaired) electrons. The predicted molar refractivity (Wildman–Crippen MR) is 197 cm³/mol. The van der Waals surface area contributed by atoms with Gasteiger partial charge in [-0.1, -0.05) is 80.1 Å². The van der Waals surface area contributed by atoms with Gasteiger partial charge in [0.1, 0.15) is 0 Å². The summed E-state index contributed by atoms with van der Waals surface area (Å²) >= 11 is 0. The van der Waals surface area contributed by atoms with E-state index in [0.29, 0.717) is 31.8 Å². The number of carbonyl (C=O) groups excluding carboxylic acids is 4. The van der Waals surface area contributed by atoms with Crippen molar-refractivity contribution in [3.8, 4) is 0 Å². The normalized spacial score (nSPS) is 30.7. The summed E-state index contributed by atoms with van der Waals surface area (Å²) in [5, 5.41) is 13.2. The Hall–Kier alpha value is -2.29. The predicted octanol–water partition coefficient (Wildman–Crippen LogP) is 6.95. The SMILES string of the molecule is CCC[C@@H](CC(=O)[C@@H]1CC2(CN1C(=O)[C@H](CC(=O)[C@@H](NC(=O)[C@H]1CCCCN1C1CC1)C1CCCCC1)C(C)(C)C)C(C)(C)C21CCC1)C(=O)O. The molecule has 0 bridgehead atoms. The number of carbonyl (C=O) groups is 5. The Labute approximate surface area is 306 Å². The van der Waals surface area contributed by atoms with E-state index in [2.05, 4.69) is 24.1 Å². The topological polar surface area (TPSA) is 124 Å². The highest BCUT2D eigenvalue weighted by molar-refractivity contribution is 5.96. The number of Topliss-reactive ketones (excluding diaryl/α,β-unsaturated/α-hetero) is 2. The first-order valence-corrected chi connectivity index (χ1v) is 20.7. The van der Waals surface area contributed by atoms with Gasteiger partial charge in [0.05, 0.1) is 24.0 Å². The summed E-state index contributed by atoms with van der Waals surface area (Å²) in [5.74, 6) is -2.74. The number of ketones is 2. The molecule has 286 valence electrons. The van der Waals surface area contributed by atoms with Gasteiger partial charge < -0.3 is 15.3 Å². The van der Waals surface area contributed by atoms with Crippen LogP contribution in [0.4, 0.5) is 0 Å². The first kappa shape index (κ1) is 38.4. The van der Waals surface area contributed by atoms with Crippen LogP contribution in [0.15, 0.2) is 0 Å². The number of amides is 2. The number of aliphatic carboxylic acids is 1. The maximum Gasteiger partial charge on any atom is 0.306 e. The summed E-state index contributed by atoms with van der Waals surface area (Å²) in [7, 11) is 0. The standard InChI is InChI=1S/C42H67N3O6/c1-7-14-28(38(50)51)23-33(46)32-25-42(40(5,6)41(42)20-13-21-41)26-45(32)37(49)30(39(2,3)4)24-34(47)35(27-15-9-8-10-16-27)43-36(48)31-17-11-12-22-44(31)29-18-19-29/h27-32,35H,7-26H2,1-6H3,(H,43,48)(H,50,51)/t28-,30-,31+,32-,35-,42?/m0/s1. The first-order chi connectivity index (χ1) is 24.1. The maximum atomic E-state index is 15.0. The van der Waals surface area contributed by atoms with Crippen molar-refractivity contribution >= 4 is 29.4 Å². The highest BCUT2D eigenvalue weighted by Crippen LogP contribution is 2.88. The van der Waals surface area contributed by atoms with E-state index in [4.69, 9.17) is 0 Å². The zero-order valence-corrected chi connectivity index (χ0v) is 32.6. The molecule has 2 aliphatic heterocycles. The average molecular weight is 710 g/mol. The van der Waals surface area contributed by atoms with Crippen LogP contribution in [0.2, 0.25) is 0 Å². The van der Waals surface area contributed by atoms with Crippen LogP contribution < -0.4 is 5.32 Å². The molecule has 4 aliphatic carbocycles. The van der Waals surface area contributed by atoms with Gasteiger partial charge in [0, 0.05) is 36.8 Å². The molecule has 2 heterocycles. The molecule has 4 saturated carbocycles. The van der Waals surface area contributed by atoms with Crippen molar-refractivity contribution < 1.29 is 29.1 Å². The lowest BCUT2D eigenvalue weighted by Gasteiger charge is -2.39. The fourth-order valence-corrected chi connectivity index (χ4v) is 11.7. The first-order valence-electron chi connectivity index (χ1n) is 20.7. The molecule has 1 unspecified atom stereocenters. The molecule has 0 aromatic rings. The third-order valence-electron chi connectivity index (χ3n) is 15.3. The number of carboxylic acids is 1. The molecule has 9 nitrogen and oxygen atoms in total. The van der Waals surface area contributed by atoms with Crippen molar-refractivity contribution in [1.29, 1.82) is 0 Å². The van der Waals surface area contributed by atoms with Gasteiger partial charge >= 0.3 is 5.97 Å². The molecule has 6 atom stereocenters. The van der Waals surface area contributed by atoms with E-state index in [1.807, 2.05) is 27.7 Å². The maximum absolute atomic E-state index is 15.0. The zero-order valence-electron chi connectivity index (χ0n) is 32.6. The van der Waals surface area contributed by atoms with E-state index in [9.17, 15) is 24.3 Å². The zero-order chi connectivity index (χ0) is 36.9. The Kier molecular flexibility index (Phi) is 10.9. The molecule has 6 fully saturated rings. The van der Waals surface area contributed by atoms with Crippen molar-refractivity contribution in [2.75, 3.05) is 13.1 Å². The monoisotopic (exact) mass is 710 g/mol. The van der Waals surface area contributed by atoms with E-state index in [-0.39, 0.29) is 64.4 Å². The van der Waals surface area contributed by atoms with Gasteiger partial charge in [-0.2, -0.15) is 0 Å². The molecule has 2 amide bonds.